The summed E-state index contributed by atoms with van der Waals surface area (Å²) in [5, 5.41) is 0. The number of rotatable bonds is 6. The van der Waals surface area contributed by atoms with Crippen molar-refractivity contribution in [1.29, 1.82) is 0 Å². The Bertz CT molecular complexity index is 890. The molecule has 0 aliphatic heterocycles. The van der Waals surface area contributed by atoms with Gasteiger partial charge in [-0.25, -0.2) is 22.5 Å². The van der Waals surface area contributed by atoms with E-state index in [1.54, 1.807) is 12.5 Å². The molecule has 0 radical (unpaired) electrons. The highest BCUT2D eigenvalue weighted by Gasteiger charge is 2.13. The summed E-state index contributed by atoms with van der Waals surface area (Å²) in [6, 6.07) is 12.4. The van der Waals surface area contributed by atoms with Gasteiger partial charge in [-0.15, -0.1) is 0 Å². The lowest BCUT2D eigenvalue weighted by molar-refractivity contribution is 0.580. The van der Waals surface area contributed by atoms with Crippen molar-refractivity contribution >= 4 is 10.0 Å². The highest BCUT2D eigenvalue weighted by atomic mass is 32.2. The Morgan fingerprint density at radius 2 is 1.67 bits per heavy atom. The van der Waals surface area contributed by atoms with Gasteiger partial charge in [0.15, 0.2) is 0 Å². The topological polar surface area (TPSA) is 64.0 Å². The van der Waals surface area contributed by atoms with Gasteiger partial charge >= 0.3 is 0 Å². The number of halogens is 1. The normalized spacial score (nSPS) is 11.5. The second kappa shape index (κ2) is 6.94. The zero-order valence-corrected chi connectivity index (χ0v) is 13.6. The molecular weight excluding hydrogens is 329 g/mol. The van der Waals surface area contributed by atoms with Gasteiger partial charge in [-0.1, -0.05) is 24.3 Å². The number of benzene rings is 2. The lowest BCUT2D eigenvalue weighted by Gasteiger charge is -2.08. The van der Waals surface area contributed by atoms with Gasteiger partial charge in [0.1, 0.15) is 5.82 Å². The summed E-state index contributed by atoms with van der Waals surface area (Å²) < 4.78 is 41.6. The molecule has 3 aromatic rings. The van der Waals surface area contributed by atoms with Gasteiger partial charge in [0, 0.05) is 25.5 Å². The van der Waals surface area contributed by atoms with Gasteiger partial charge in [0.2, 0.25) is 10.0 Å². The minimum atomic E-state index is -3.66. The number of nitrogens with zero attached hydrogens (tertiary/aromatic N) is 2. The van der Waals surface area contributed by atoms with E-state index in [0.717, 1.165) is 23.3 Å². The lowest BCUT2D eigenvalue weighted by atomic mass is 10.1. The minimum Gasteiger partial charge on any atom is -0.333 e. The summed E-state index contributed by atoms with van der Waals surface area (Å²) in [7, 11) is -3.66. The largest absolute Gasteiger partial charge is 0.333 e. The van der Waals surface area contributed by atoms with Crippen molar-refractivity contribution in [2.24, 2.45) is 0 Å². The molecule has 0 aliphatic carbocycles. The summed E-state index contributed by atoms with van der Waals surface area (Å²) in [5.41, 5.74) is 1.94. The third-order valence-electron chi connectivity index (χ3n) is 3.54. The minimum absolute atomic E-state index is 0.0422. The summed E-state index contributed by atoms with van der Waals surface area (Å²) >= 11 is 0. The molecule has 0 aliphatic rings. The second-order valence-electron chi connectivity index (χ2n) is 5.33. The van der Waals surface area contributed by atoms with Crippen molar-refractivity contribution in [2.45, 2.75) is 18.0 Å². The standard InChI is InChI=1S/C17H16FN3O2S/c18-16-5-7-17(8-6-16)24(22,23)20-11-14-1-3-15(4-2-14)12-21-10-9-19-13-21/h1-10,13,20H,11-12H2. The molecule has 1 N–H and O–H groups in total. The van der Waals surface area contributed by atoms with Crippen LogP contribution < -0.4 is 4.72 Å². The van der Waals surface area contributed by atoms with Gasteiger partial charge < -0.3 is 4.57 Å². The molecule has 0 fully saturated rings. The van der Waals surface area contributed by atoms with Gasteiger partial charge in [0.05, 0.1) is 11.2 Å². The van der Waals surface area contributed by atoms with Crippen LogP contribution in [0.2, 0.25) is 0 Å². The zero-order valence-electron chi connectivity index (χ0n) is 12.8. The van der Waals surface area contributed by atoms with Crippen LogP contribution in [0.3, 0.4) is 0 Å². The summed E-state index contributed by atoms with van der Waals surface area (Å²) in [4.78, 5) is 4.03. The highest BCUT2D eigenvalue weighted by molar-refractivity contribution is 7.89. The van der Waals surface area contributed by atoms with Crippen molar-refractivity contribution in [3.63, 3.8) is 0 Å². The molecule has 3 rings (SSSR count). The molecule has 0 saturated carbocycles. The maximum absolute atomic E-state index is 12.9. The van der Waals surface area contributed by atoms with Gasteiger partial charge in [-0.05, 0) is 35.4 Å². The first-order valence-corrected chi connectivity index (χ1v) is 8.80. The first kappa shape index (κ1) is 16.4. The maximum atomic E-state index is 12.9. The van der Waals surface area contributed by atoms with Crippen molar-refractivity contribution in [2.75, 3.05) is 0 Å². The molecule has 124 valence electrons. The first-order chi connectivity index (χ1) is 11.5. The monoisotopic (exact) mass is 345 g/mol. The lowest BCUT2D eigenvalue weighted by Crippen LogP contribution is -2.23. The average Bonchev–Trinajstić information content (AvgIpc) is 3.08. The van der Waals surface area contributed by atoms with E-state index >= 15 is 0 Å². The average molecular weight is 345 g/mol. The Balaban J connectivity index is 1.62. The van der Waals surface area contributed by atoms with Crippen LogP contribution in [0.15, 0.2) is 72.1 Å². The highest BCUT2D eigenvalue weighted by Crippen LogP contribution is 2.11. The predicted molar refractivity (Wildman–Crippen MR) is 88.2 cm³/mol. The van der Waals surface area contributed by atoms with E-state index in [0.29, 0.717) is 6.54 Å². The number of hydrogen-bond donors (Lipinski definition) is 1. The third-order valence-corrected chi connectivity index (χ3v) is 4.95. The van der Waals surface area contributed by atoms with E-state index in [1.807, 2.05) is 35.0 Å². The number of hydrogen-bond acceptors (Lipinski definition) is 3. The molecule has 1 heterocycles. The quantitative estimate of drug-likeness (QED) is 0.747. The van der Waals surface area contributed by atoms with Crippen molar-refractivity contribution in [3.8, 4) is 0 Å². The van der Waals surface area contributed by atoms with E-state index in [9.17, 15) is 12.8 Å². The fraction of sp³-hybridized carbons (Fsp3) is 0.118. The second-order valence-corrected chi connectivity index (χ2v) is 7.10. The Labute approximate surface area is 139 Å². The van der Waals surface area contributed by atoms with Crippen LogP contribution in [-0.4, -0.2) is 18.0 Å². The molecule has 0 spiro atoms. The Morgan fingerprint density at radius 3 is 2.29 bits per heavy atom. The van der Waals surface area contributed by atoms with Crippen molar-refractivity contribution < 1.29 is 12.8 Å². The number of imidazole rings is 1. The smallest absolute Gasteiger partial charge is 0.240 e. The van der Waals surface area contributed by atoms with Crippen LogP contribution in [0.5, 0.6) is 0 Å². The molecule has 0 saturated heterocycles. The van der Waals surface area contributed by atoms with Crippen molar-refractivity contribution in [3.05, 3.63) is 84.2 Å². The van der Waals surface area contributed by atoms with Gasteiger partial charge in [-0.2, -0.15) is 0 Å². The van der Waals surface area contributed by atoms with E-state index in [1.165, 1.54) is 12.1 Å². The van der Waals surface area contributed by atoms with E-state index in [-0.39, 0.29) is 11.4 Å². The van der Waals surface area contributed by atoms with E-state index < -0.39 is 15.8 Å². The Hall–Kier alpha value is -2.51. The molecule has 7 heteroatoms. The summed E-state index contributed by atoms with van der Waals surface area (Å²) in [6.07, 6.45) is 5.34. The van der Waals surface area contributed by atoms with Crippen molar-refractivity contribution in [1.82, 2.24) is 14.3 Å². The van der Waals surface area contributed by atoms with E-state index in [4.69, 9.17) is 0 Å². The molecule has 0 unspecified atom stereocenters. The number of sulfonamides is 1. The molecule has 24 heavy (non-hydrogen) atoms. The van der Waals surface area contributed by atoms with Gasteiger partial charge in [-0.3, -0.25) is 0 Å². The Morgan fingerprint density at radius 1 is 1.00 bits per heavy atom. The molecule has 0 amide bonds. The summed E-state index contributed by atoms with van der Waals surface area (Å²) in [6.45, 7) is 0.882. The molecule has 0 atom stereocenters. The fourth-order valence-corrected chi connectivity index (χ4v) is 3.25. The zero-order chi connectivity index (χ0) is 17.0. The van der Waals surface area contributed by atoms with Gasteiger partial charge in [0.25, 0.3) is 0 Å². The number of aromatic nitrogens is 2. The van der Waals surface area contributed by atoms with Crippen LogP contribution in [-0.2, 0) is 23.1 Å². The SMILES string of the molecule is O=S(=O)(NCc1ccc(Cn2ccnc2)cc1)c1ccc(F)cc1. The van der Waals surface area contributed by atoms with Crippen LogP contribution in [0.4, 0.5) is 4.39 Å². The predicted octanol–water partition coefficient (Wildman–Crippen LogP) is 2.55. The number of nitrogens with one attached hydrogen (secondary N) is 1. The van der Waals surface area contributed by atoms with Crippen LogP contribution in [0.1, 0.15) is 11.1 Å². The maximum Gasteiger partial charge on any atom is 0.240 e. The molecule has 5 nitrogen and oxygen atoms in total. The van der Waals surface area contributed by atoms with Crippen LogP contribution in [0, 0.1) is 5.82 Å². The molecule has 1 aromatic heterocycles. The van der Waals surface area contributed by atoms with Crippen LogP contribution in [0.25, 0.3) is 0 Å². The summed E-state index contributed by atoms with van der Waals surface area (Å²) in [5.74, 6) is -0.470. The first-order valence-electron chi connectivity index (χ1n) is 7.32. The van der Waals surface area contributed by atoms with E-state index in [2.05, 4.69) is 9.71 Å². The molecule has 0 bridgehead atoms. The Kier molecular flexibility index (Phi) is 4.73. The molecule has 2 aromatic carbocycles. The fourth-order valence-electron chi connectivity index (χ4n) is 2.23. The third kappa shape index (κ3) is 4.06. The van der Waals surface area contributed by atoms with Crippen LogP contribution >= 0.6 is 0 Å². The molecular formula is C17H16FN3O2S.